The van der Waals surface area contributed by atoms with Gasteiger partial charge in [-0.1, -0.05) is 44.2 Å². The summed E-state index contributed by atoms with van der Waals surface area (Å²) in [5.41, 5.74) is 18.5. The Balaban J connectivity index is 1.85. The number of nitrogens with one attached hydrogen (secondary N) is 1. The topological polar surface area (TPSA) is 164 Å². The molecule has 2 heterocycles. The maximum absolute atomic E-state index is 13.8. The first-order valence-electron chi connectivity index (χ1n) is 11.7. The second kappa shape index (κ2) is 8.64. The minimum absolute atomic E-state index is 0.00137. The molecule has 0 bridgehead atoms. The standard InChI is InChI=1S/C27H25N7O3/c1-27(2)12-19-22(20(35)13-27)21(15-7-6-10-17(11-15)34(36)37)23-24(29)18(14-28)25(30)31-26(23)33(19)32-16-8-4-3-5-9-16/h3-11,21,32H,12-13H2,1-2H3,(H4,29,30,31). The van der Waals surface area contributed by atoms with Gasteiger partial charge in [-0.05, 0) is 29.5 Å². The molecule has 0 spiro atoms. The zero-order chi connectivity index (χ0) is 26.5. The first-order valence-corrected chi connectivity index (χ1v) is 11.7. The number of allylic oxidation sites excluding steroid dienone is 2. The number of fused-ring (bicyclic) bond motifs is 1. The molecule has 0 fully saturated rings. The fraction of sp³-hybridized carbons (Fsp3) is 0.222. The zero-order valence-electron chi connectivity index (χ0n) is 20.4. The van der Waals surface area contributed by atoms with E-state index in [1.54, 1.807) is 17.1 Å². The molecule has 1 aromatic heterocycles. The van der Waals surface area contributed by atoms with E-state index in [1.807, 2.05) is 50.2 Å². The van der Waals surface area contributed by atoms with Crippen molar-refractivity contribution < 1.29 is 9.72 Å². The monoisotopic (exact) mass is 495 g/mol. The number of nitrogens with zero attached hydrogens (tertiary/aromatic N) is 4. The number of anilines is 4. The van der Waals surface area contributed by atoms with E-state index in [-0.39, 0.29) is 34.0 Å². The first kappa shape index (κ1) is 23.8. The maximum atomic E-state index is 13.8. The van der Waals surface area contributed by atoms with Gasteiger partial charge in [0, 0.05) is 35.6 Å². The van der Waals surface area contributed by atoms with Gasteiger partial charge in [0.15, 0.2) is 11.6 Å². The minimum Gasteiger partial charge on any atom is -0.397 e. The number of hydrogen-bond donors (Lipinski definition) is 3. The van der Waals surface area contributed by atoms with Gasteiger partial charge in [-0.15, -0.1) is 0 Å². The summed E-state index contributed by atoms with van der Waals surface area (Å²) in [6, 6.07) is 17.5. The summed E-state index contributed by atoms with van der Waals surface area (Å²) < 4.78 is 0. The van der Waals surface area contributed by atoms with Crippen LogP contribution in [0.3, 0.4) is 0 Å². The van der Waals surface area contributed by atoms with Gasteiger partial charge in [0.1, 0.15) is 17.5 Å². The molecule has 0 amide bonds. The molecular weight excluding hydrogens is 470 g/mol. The number of nitro benzene ring substituents is 1. The molecule has 1 atom stereocenters. The molecule has 2 aromatic carbocycles. The highest BCUT2D eigenvalue weighted by molar-refractivity contribution is 6.03. The van der Waals surface area contributed by atoms with Crippen LogP contribution < -0.4 is 21.9 Å². The van der Waals surface area contributed by atoms with Crippen LogP contribution in [0.25, 0.3) is 0 Å². The molecule has 37 heavy (non-hydrogen) atoms. The smallest absolute Gasteiger partial charge is 0.269 e. The number of non-ortho nitro benzene ring substituents is 1. The highest BCUT2D eigenvalue weighted by atomic mass is 16.6. The van der Waals surface area contributed by atoms with Gasteiger partial charge in [0.05, 0.1) is 22.0 Å². The molecule has 0 radical (unpaired) electrons. The number of Topliss-reactive ketones (excluding diaryl/α,β-unsaturated/α-hetero) is 1. The molecule has 1 aliphatic carbocycles. The van der Waals surface area contributed by atoms with Crippen LogP contribution in [0.15, 0.2) is 65.9 Å². The van der Waals surface area contributed by atoms with Crippen molar-refractivity contribution in [3.05, 3.63) is 92.7 Å². The molecule has 1 unspecified atom stereocenters. The molecule has 0 saturated carbocycles. The number of nitrogen functional groups attached to an aromatic ring is 2. The summed E-state index contributed by atoms with van der Waals surface area (Å²) in [6.07, 6.45) is 0.819. The number of aromatic nitrogens is 1. The van der Waals surface area contributed by atoms with Gasteiger partial charge in [-0.2, -0.15) is 5.26 Å². The number of ketones is 1. The Hall–Kier alpha value is -4.91. The molecule has 186 valence electrons. The van der Waals surface area contributed by atoms with Crippen molar-refractivity contribution in [2.75, 3.05) is 21.9 Å². The Morgan fingerprint density at radius 1 is 1.16 bits per heavy atom. The number of benzene rings is 2. The van der Waals surface area contributed by atoms with Gasteiger partial charge in [0.25, 0.3) is 5.69 Å². The summed E-state index contributed by atoms with van der Waals surface area (Å²) in [4.78, 5) is 29.5. The number of nitrogens with two attached hydrogens (primary N) is 2. The normalized spacial score (nSPS) is 18.0. The Kier molecular flexibility index (Phi) is 5.56. The summed E-state index contributed by atoms with van der Waals surface area (Å²) in [5, 5.41) is 23.1. The second-order valence-electron chi connectivity index (χ2n) is 10.0. The van der Waals surface area contributed by atoms with Gasteiger partial charge < -0.3 is 11.5 Å². The van der Waals surface area contributed by atoms with E-state index < -0.39 is 10.8 Å². The molecule has 2 aliphatic rings. The number of rotatable bonds is 4. The molecule has 10 nitrogen and oxygen atoms in total. The third-order valence-corrected chi connectivity index (χ3v) is 6.78. The predicted molar refractivity (Wildman–Crippen MR) is 140 cm³/mol. The van der Waals surface area contributed by atoms with E-state index in [1.165, 1.54) is 12.1 Å². The van der Waals surface area contributed by atoms with Crippen LogP contribution in [0.1, 0.15) is 49.3 Å². The second-order valence-corrected chi connectivity index (χ2v) is 10.0. The van der Waals surface area contributed by atoms with Crippen LogP contribution in [0.4, 0.5) is 28.7 Å². The van der Waals surface area contributed by atoms with E-state index in [0.29, 0.717) is 41.1 Å². The molecule has 5 N–H and O–H groups in total. The van der Waals surface area contributed by atoms with Crippen LogP contribution in [-0.2, 0) is 4.79 Å². The Labute approximate surface area is 213 Å². The van der Waals surface area contributed by atoms with Crippen LogP contribution in [0.2, 0.25) is 0 Å². The number of nitriles is 1. The average molecular weight is 496 g/mol. The first-order chi connectivity index (χ1) is 17.6. The fourth-order valence-corrected chi connectivity index (χ4v) is 5.21. The Morgan fingerprint density at radius 3 is 2.57 bits per heavy atom. The van der Waals surface area contributed by atoms with Crippen LogP contribution >= 0.6 is 0 Å². The van der Waals surface area contributed by atoms with E-state index in [4.69, 9.17) is 11.5 Å². The average Bonchev–Trinajstić information content (AvgIpc) is 2.85. The van der Waals surface area contributed by atoms with Crippen molar-refractivity contribution >= 4 is 34.5 Å². The SMILES string of the molecule is CC1(C)CC(=O)C2=C(C1)N(Nc1ccccc1)c1nc(N)c(C#N)c(N)c1C2c1cccc([N+](=O)[O-])c1. The van der Waals surface area contributed by atoms with Crippen molar-refractivity contribution in [3.8, 4) is 6.07 Å². The lowest BCUT2D eigenvalue weighted by Gasteiger charge is -2.44. The van der Waals surface area contributed by atoms with E-state index >= 15 is 0 Å². The number of para-hydroxylation sites is 1. The lowest BCUT2D eigenvalue weighted by Crippen LogP contribution is -2.43. The number of pyridine rings is 1. The van der Waals surface area contributed by atoms with Crippen molar-refractivity contribution in [2.24, 2.45) is 5.41 Å². The number of hydrogen-bond acceptors (Lipinski definition) is 9. The van der Waals surface area contributed by atoms with Crippen molar-refractivity contribution in [1.82, 2.24) is 4.98 Å². The van der Waals surface area contributed by atoms with Crippen LogP contribution in [0.5, 0.6) is 0 Å². The summed E-state index contributed by atoms with van der Waals surface area (Å²) in [6.45, 7) is 4.03. The largest absolute Gasteiger partial charge is 0.397 e. The molecule has 5 rings (SSSR count). The molecule has 0 saturated heterocycles. The van der Waals surface area contributed by atoms with E-state index in [2.05, 4.69) is 10.4 Å². The van der Waals surface area contributed by atoms with E-state index in [9.17, 15) is 20.2 Å². The third kappa shape index (κ3) is 4.00. The summed E-state index contributed by atoms with van der Waals surface area (Å²) >= 11 is 0. The molecule has 1 aliphatic heterocycles. The van der Waals surface area contributed by atoms with Crippen molar-refractivity contribution in [3.63, 3.8) is 0 Å². The van der Waals surface area contributed by atoms with Crippen molar-refractivity contribution in [2.45, 2.75) is 32.6 Å². The maximum Gasteiger partial charge on any atom is 0.269 e. The minimum atomic E-state index is -0.762. The highest BCUT2D eigenvalue weighted by Crippen LogP contribution is 2.53. The van der Waals surface area contributed by atoms with E-state index in [0.717, 1.165) is 5.69 Å². The summed E-state index contributed by atoms with van der Waals surface area (Å²) in [5.74, 6) is -0.550. The number of carbonyl (C=O) groups excluding carboxylic acids is 1. The van der Waals surface area contributed by atoms with Gasteiger partial charge in [-0.25, -0.2) is 9.99 Å². The Morgan fingerprint density at radius 2 is 1.89 bits per heavy atom. The molecular formula is C27H25N7O3. The number of nitro groups is 1. The fourth-order valence-electron chi connectivity index (χ4n) is 5.21. The lowest BCUT2D eigenvalue weighted by molar-refractivity contribution is -0.384. The predicted octanol–water partition coefficient (Wildman–Crippen LogP) is 4.65. The van der Waals surface area contributed by atoms with Crippen molar-refractivity contribution in [1.29, 1.82) is 5.26 Å². The highest BCUT2D eigenvalue weighted by Gasteiger charge is 2.46. The summed E-state index contributed by atoms with van der Waals surface area (Å²) in [7, 11) is 0. The number of hydrazine groups is 1. The van der Waals surface area contributed by atoms with Crippen LogP contribution in [-0.4, -0.2) is 15.7 Å². The van der Waals surface area contributed by atoms with Gasteiger partial charge in [0.2, 0.25) is 0 Å². The van der Waals surface area contributed by atoms with Gasteiger partial charge >= 0.3 is 0 Å². The molecule has 3 aromatic rings. The third-order valence-electron chi connectivity index (χ3n) is 6.78. The lowest BCUT2D eigenvalue weighted by atomic mass is 9.68. The number of carbonyl (C=O) groups is 1. The Bertz CT molecular complexity index is 1520. The zero-order valence-corrected chi connectivity index (χ0v) is 20.4. The van der Waals surface area contributed by atoms with Gasteiger partial charge in [-0.3, -0.25) is 20.3 Å². The quantitative estimate of drug-likeness (QED) is 0.345. The van der Waals surface area contributed by atoms with Crippen LogP contribution in [0, 0.1) is 26.9 Å². The molecule has 10 heteroatoms.